The van der Waals surface area contributed by atoms with E-state index in [1.54, 1.807) is 36.4 Å². The zero-order valence-corrected chi connectivity index (χ0v) is 9.13. The Balaban J connectivity index is 2.11. The van der Waals surface area contributed by atoms with Crippen molar-refractivity contribution in [3.8, 4) is 5.75 Å². The molecule has 86 valence electrons. The van der Waals surface area contributed by atoms with Crippen LogP contribution in [0.15, 0.2) is 42.6 Å². The second-order valence-corrected chi connectivity index (χ2v) is 3.74. The Hall–Kier alpha value is -2.36. The van der Waals surface area contributed by atoms with Gasteiger partial charge in [-0.1, -0.05) is 12.1 Å². The van der Waals surface area contributed by atoms with Crippen LogP contribution in [0.2, 0.25) is 0 Å². The fourth-order valence-electron chi connectivity index (χ4n) is 1.46. The first-order chi connectivity index (χ1) is 8.15. The minimum Gasteiger partial charge on any atom is -0.508 e. The molecule has 0 aliphatic heterocycles. The summed E-state index contributed by atoms with van der Waals surface area (Å²) >= 11 is 0. The molecule has 1 aromatic carbocycles. The molecule has 0 spiro atoms. The molecule has 0 saturated carbocycles. The van der Waals surface area contributed by atoms with Crippen molar-refractivity contribution in [3.05, 3.63) is 53.9 Å². The van der Waals surface area contributed by atoms with E-state index >= 15 is 0 Å². The van der Waals surface area contributed by atoms with Gasteiger partial charge in [-0.05, 0) is 29.8 Å². The number of Topliss-reactive ketones (excluding diaryl/α,β-unsaturated/α-hetero) is 1. The number of ketones is 1. The number of aromatic hydroxyl groups is 1. The molecule has 1 heterocycles. The highest BCUT2D eigenvalue weighted by Crippen LogP contribution is 2.12. The summed E-state index contributed by atoms with van der Waals surface area (Å²) in [6, 6.07) is 9.79. The third kappa shape index (κ3) is 2.81. The van der Waals surface area contributed by atoms with Crippen LogP contribution in [-0.2, 0) is 6.42 Å². The number of hydrogen-bond donors (Lipinski definition) is 2. The molecule has 0 unspecified atom stereocenters. The molecule has 4 heteroatoms. The van der Waals surface area contributed by atoms with E-state index in [4.69, 9.17) is 10.8 Å². The molecule has 0 atom stereocenters. The van der Waals surface area contributed by atoms with Gasteiger partial charge < -0.3 is 10.8 Å². The number of rotatable bonds is 3. The Kier molecular flexibility index (Phi) is 3.05. The maximum Gasteiger partial charge on any atom is 0.185 e. The van der Waals surface area contributed by atoms with E-state index in [0.29, 0.717) is 11.4 Å². The normalized spacial score (nSPS) is 10.1. The average Bonchev–Trinajstić information content (AvgIpc) is 2.33. The summed E-state index contributed by atoms with van der Waals surface area (Å²) in [5.74, 6) is 0.113. The SMILES string of the molecule is Nc1ccc(C(=O)Cc2ccc(O)cc2)nc1. The summed E-state index contributed by atoms with van der Waals surface area (Å²) in [6.07, 6.45) is 1.72. The molecule has 17 heavy (non-hydrogen) atoms. The highest BCUT2D eigenvalue weighted by Gasteiger charge is 2.08. The number of hydrogen-bond acceptors (Lipinski definition) is 4. The molecule has 2 rings (SSSR count). The highest BCUT2D eigenvalue weighted by atomic mass is 16.3. The lowest BCUT2D eigenvalue weighted by Gasteiger charge is -2.01. The van der Waals surface area contributed by atoms with Crippen LogP contribution in [0.1, 0.15) is 16.1 Å². The van der Waals surface area contributed by atoms with Crippen molar-refractivity contribution in [2.24, 2.45) is 0 Å². The fraction of sp³-hybridized carbons (Fsp3) is 0.0769. The van der Waals surface area contributed by atoms with Crippen molar-refractivity contribution in [2.75, 3.05) is 5.73 Å². The minimum absolute atomic E-state index is 0.0734. The monoisotopic (exact) mass is 228 g/mol. The van der Waals surface area contributed by atoms with Crippen molar-refractivity contribution < 1.29 is 9.90 Å². The number of nitrogens with zero attached hydrogens (tertiary/aromatic N) is 1. The number of benzene rings is 1. The lowest BCUT2D eigenvalue weighted by Crippen LogP contribution is -2.06. The molecule has 0 fully saturated rings. The molecule has 1 aromatic heterocycles. The van der Waals surface area contributed by atoms with Gasteiger partial charge in [0.2, 0.25) is 0 Å². The molecule has 0 bridgehead atoms. The Morgan fingerprint density at radius 3 is 2.47 bits per heavy atom. The van der Waals surface area contributed by atoms with Gasteiger partial charge in [0.1, 0.15) is 11.4 Å². The molecule has 0 amide bonds. The van der Waals surface area contributed by atoms with Gasteiger partial charge in [-0.15, -0.1) is 0 Å². The third-order valence-electron chi connectivity index (χ3n) is 2.37. The predicted molar refractivity (Wildman–Crippen MR) is 64.8 cm³/mol. The third-order valence-corrected chi connectivity index (χ3v) is 2.37. The maximum absolute atomic E-state index is 11.8. The Morgan fingerprint density at radius 1 is 1.18 bits per heavy atom. The van der Waals surface area contributed by atoms with E-state index < -0.39 is 0 Å². The Labute approximate surface area is 98.7 Å². The average molecular weight is 228 g/mol. The molecule has 0 aliphatic carbocycles. The summed E-state index contributed by atoms with van der Waals surface area (Å²) in [5, 5.41) is 9.13. The summed E-state index contributed by atoms with van der Waals surface area (Å²) < 4.78 is 0. The quantitative estimate of drug-likeness (QED) is 0.785. The number of phenolic OH excluding ortho intramolecular Hbond substituents is 1. The summed E-state index contributed by atoms with van der Waals surface area (Å²) in [7, 11) is 0. The Morgan fingerprint density at radius 2 is 1.88 bits per heavy atom. The summed E-state index contributed by atoms with van der Waals surface area (Å²) in [5.41, 5.74) is 7.26. The van der Waals surface area contributed by atoms with E-state index in [9.17, 15) is 4.79 Å². The maximum atomic E-state index is 11.8. The van der Waals surface area contributed by atoms with Crippen LogP contribution < -0.4 is 5.73 Å². The van der Waals surface area contributed by atoms with Gasteiger partial charge >= 0.3 is 0 Å². The number of aromatic nitrogens is 1. The van der Waals surface area contributed by atoms with Crippen LogP contribution in [0.3, 0.4) is 0 Å². The largest absolute Gasteiger partial charge is 0.508 e. The van der Waals surface area contributed by atoms with Gasteiger partial charge in [0.05, 0.1) is 11.9 Å². The number of pyridine rings is 1. The van der Waals surface area contributed by atoms with Crippen LogP contribution >= 0.6 is 0 Å². The van der Waals surface area contributed by atoms with Crippen molar-refractivity contribution >= 4 is 11.5 Å². The molecular formula is C13H12N2O2. The first kappa shape index (κ1) is 11.1. The number of anilines is 1. The number of nitrogen functional groups attached to an aromatic ring is 1. The van der Waals surface area contributed by atoms with E-state index in [2.05, 4.69) is 4.98 Å². The van der Waals surface area contributed by atoms with Gasteiger partial charge in [0.15, 0.2) is 5.78 Å². The van der Waals surface area contributed by atoms with E-state index in [1.807, 2.05) is 0 Å². The Bertz CT molecular complexity index is 518. The van der Waals surface area contributed by atoms with Crippen LogP contribution in [0.25, 0.3) is 0 Å². The molecule has 2 aromatic rings. The number of phenols is 1. The van der Waals surface area contributed by atoms with Gasteiger partial charge in [0, 0.05) is 6.42 Å². The zero-order valence-electron chi connectivity index (χ0n) is 9.13. The van der Waals surface area contributed by atoms with Crippen LogP contribution in [0.5, 0.6) is 5.75 Å². The summed E-state index contributed by atoms with van der Waals surface area (Å²) in [4.78, 5) is 15.8. The van der Waals surface area contributed by atoms with Crippen molar-refractivity contribution in [3.63, 3.8) is 0 Å². The van der Waals surface area contributed by atoms with Crippen molar-refractivity contribution in [1.29, 1.82) is 0 Å². The molecule has 4 nitrogen and oxygen atoms in total. The number of carbonyl (C=O) groups is 1. The lowest BCUT2D eigenvalue weighted by molar-refractivity contribution is 0.0988. The smallest absolute Gasteiger partial charge is 0.185 e. The molecule has 3 N–H and O–H groups in total. The zero-order chi connectivity index (χ0) is 12.3. The second kappa shape index (κ2) is 4.65. The van der Waals surface area contributed by atoms with Crippen LogP contribution in [0.4, 0.5) is 5.69 Å². The topological polar surface area (TPSA) is 76.2 Å². The van der Waals surface area contributed by atoms with Crippen molar-refractivity contribution in [2.45, 2.75) is 6.42 Å². The van der Waals surface area contributed by atoms with E-state index in [1.165, 1.54) is 6.20 Å². The number of carbonyl (C=O) groups excluding carboxylic acids is 1. The predicted octanol–water partition coefficient (Wildman–Crippen LogP) is 1.79. The standard InChI is InChI=1S/C13H12N2O2/c14-10-3-6-12(15-8-10)13(17)7-9-1-4-11(16)5-2-9/h1-6,8,16H,7,14H2. The first-order valence-electron chi connectivity index (χ1n) is 5.18. The number of nitrogens with two attached hydrogens (primary N) is 1. The molecule has 0 aliphatic rings. The van der Waals surface area contributed by atoms with Gasteiger partial charge in [0.25, 0.3) is 0 Å². The van der Waals surface area contributed by atoms with Gasteiger partial charge in [-0.2, -0.15) is 0 Å². The minimum atomic E-state index is -0.0734. The van der Waals surface area contributed by atoms with Crippen LogP contribution in [-0.4, -0.2) is 15.9 Å². The van der Waals surface area contributed by atoms with Gasteiger partial charge in [-0.3, -0.25) is 9.78 Å². The second-order valence-electron chi connectivity index (χ2n) is 3.74. The summed E-state index contributed by atoms with van der Waals surface area (Å²) in [6.45, 7) is 0. The molecule has 0 radical (unpaired) electrons. The van der Waals surface area contributed by atoms with Crippen LogP contribution in [0, 0.1) is 0 Å². The van der Waals surface area contributed by atoms with Gasteiger partial charge in [-0.25, -0.2) is 0 Å². The molecular weight excluding hydrogens is 216 g/mol. The molecule has 0 saturated heterocycles. The fourth-order valence-corrected chi connectivity index (χ4v) is 1.46. The highest BCUT2D eigenvalue weighted by molar-refractivity contribution is 5.95. The van der Waals surface area contributed by atoms with E-state index in [0.717, 1.165) is 5.56 Å². The van der Waals surface area contributed by atoms with E-state index in [-0.39, 0.29) is 18.0 Å². The lowest BCUT2D eigenvalue weighted by atomic mass is 10.1. The van der Waals surface area contributed by atoms with Crippen molar-refractivity contribution in [1.82, 2.24) is 4.98 Å². The first-order valence-corrected chi connectivity index (χ1v) is 5.18.